The maximum Gasteiger partial charge on any atom is 0.298 e. The smallest absolute Gasteiger partial charge is 0.298 e. The molecule has 7 heteroatoms. The zero-order chi connectivity index (χ0) is 16.8. The maximum absolute atomic E-state index is 13.0. The highest BCUT2D eigenvalue weighted by molar-refractivity contribution is 6.05. The number of aromatic nitrogens is 4. The predicted octanol–water partition coefficient (Wildman–Crippen LogP) is 1.92. The lowest BCUT2D eigenvalue weighted by atomic mass is 10.00. The van der Waals surface area contributed by atoms with Gasteiger partial charge in [-0.05, 0) is 50.5 Å². The first-order valence-electron chi connectivity index (χ1n) is 7.95. The van der Waals surface area contributed by atoms with Gasteiger partial charge in [-0.1, -0.05) is 6.07 Å². The molecule has 0 radical (unpaired) electrons. The third-order valence-corrected chi connectivity index (χ3v) is 4.34. The van der Waals surface area contributed by atoms with Crippen molar-refractivity contribution in [1.82, 2.24) is 19.6 Å². The van der Waals surface area contributed by atoms with E-state index in [0.29, 0.717) is 12.3 Å². The third kappa shape index (κ3) is 2.20. The number of benzene rings is 1. The number of carbonyl (C=O) groups is 1. The van der Waals surface area contributed by atoms with Gasteiger partial charge < -0.3 is 10.6 Å². The predicted molar refractivity (Wildman–Crippen MR) is 91.1 cm³/mol. The molecule has 0 aliphatic carbocycles. The fourth-order valence-electron chi connectivity index (χ4n) is 3.24. The Hall–Kier alpha value is -2.96. The van der Waals surface area contributed by atoms with Crippen molar-refractivity contribution in [3.05, 3.63) is 47.0 Å². The molecule has 1 amide bonds. The Labute approximate surface area is 139 Å². The largest absolute Gasteiger partial charge is 0.398 e. The lowest BCUT2D eigenvalue weighted by molar-refractivity contribution is 0.0975. The normalized spacial score (nSPS) is 14.0. The van der Waals surface area contributed by atoms with E-state index in [1.807, 2.05) is 38.1 Å². The molecule has 0 bridgehead atoms. The van der Waals surface area contributed by atoms with Gasteiger partial charge in [-0.3, -0.25) is 4.79 Å². The summed E-state index contributed by atoms with van der Waals surface area (Å²) >= 11 is 0. The minimum atomic E-state index is -0.218. The SMILES string of the molecule is Cc1cc(C)n2nc(C(=O)N3CCCc4c(N)cccc43)nc2n1. The molecule has 24 heavy (non-hydrogen) atoms. The Balaban J connectivity index is 1.78. The van der Waals surface area contributed by atoms with Crippen LogP contribution < -0.4 is 10.6 Å². The molecule has 4 rings (SSSR count). The lowest BCUT2D eigenvalue weighted by Crippen LogP contribution is -2.36. The zero-order valence-electron chi connectivity index (χ0n) is 13.7. The van der Waals surface area contributed by atoms with Gasteiger partial charge in [-0.25, -0.2) is 9.50 Å². The average Bonchev–Trinajstić information content (AvgIpc) is 2.98. The number of nitrogens with two attached hydrogens (primary N) is 1. The maximum atomic E-state index is 13.0. The Morgan fingerprint density at radius 1 is 1.25 bits per heavy atom. The second kappa shape index (κ2) is 5.30. The van der Waals surface area contributed by atoms with Gasteiger partial charge in [0, 0.05) is 29.3 Å². The van der Waals surface area contributed by atoms with Gasteiger partial charge in [0.25, 0.3) is 11.7 Å². The molecule has 0 fully saturated rings. The van der Waals surface area contributed by atoms with Crippen LogP contribution in [0.1, 0.15) is 34.0 Å². The van der Waals surface area contributed by atoms with E-state index in [0.717, 1.165) is 41.2 Å². The Bertz CT molecular complexity index is 961. The summed E-state index contributed by atoms with van der Waals surface area (Å²) < 4.78 is 1.60. The van der Waals surface area contributed by atoms with Gasteiger partial charge in [0.2, 0.25) is 5.82 Å². The second-order valence-corrected chi connectivity index (χ2v) is 6.09. The molecule has 1 aliphatic rings. The highest BCUT2D eigenvalue weighted by Gasteiger charge is 2.27. The molecule has 0 saturated heterocycles. The van der Waals surface area contributed by atoms with E-state index in [2.05, 4.69) is 15.1 Å². The van der Waals surface area contributed by atoms with Crippen molar-refractivity contribution in [2.24, 2.45) is 0 Å². The average molecular weight is 322 g/mol. The summed E-state index contributed by atoms with van der Waals surface area (Å²) in [5.41, 5.74) is 10.4. The number of fused-ring (bicyclic) bond motifs is 2. The molecule has 3 heterocycles. The Kier molecular flexibility index (Phi) is 3.23. The molecule has 122 valence electrons. The molecule has 2 aromatic heterocycles. The first-order chi connectivity index (χ1) is 11.5. The molecule has 0 saturated carbocycles. The van der Waals surface area contributed by atoms with Crippen LogP contribution in [0.5, 0.6) is 0 Å². The van der Waals surface area contributed by atoms with Gasteiger partial charge in [0.15, 0.2) is 0 Å². The summed E-state index contributed by atoms with van der Waals surface area (Å²) in [6.45, 7) is 4.45. The van der Waals surface area contributed by atoms with Crippen LogP contribution in [-0.4, -0.2) is 32.0 Å². The quantitative estimate of drug-likeness (QED) is 0.691. The van der Waals surface area contributed by atoms with Crippen molar-refractivity contribution >= 4 is 23.1 Å². The van der Waals surface area contributed by atoms with Gasteiger partial charge >= 0.3 is 0 Å². The first kappa shape index (κ1) is 14.6. The number of aryl methyl sites for hydroxylation is 2. The van der Waals surface area contributed by atoms with Gasteiger partial charge in [-0.15, -0.1) is 5.10 Å². The van der Waals surface area contributed by atoms with Crippen molar-refractivity contribution in [2.75, 3.05) is 17.2 Å². The highest BCUT2D eigenvalue weighted by Crippen LogP contribution is 2.31. The Morgan fingerprint density at radius 2 is 2.08 bits per heavy atom. The van der Waals surface area contributed by atoms with Gasteiger partial charge in [-0.2, -0.15) is 4.98 Å². The van der Waals surface area contributed by atoms with Crippen molar-refractivity contribution < 1.29 is 4.79 Å². The molecular formula is C17H18N6O. The number of amides is 1. The fraction of sp³-hybridized carbons (Fsp3) is 0.294. The van der Waals surface area contributed by atoms with E-state index >= 15 is 0 Å². The third-order valence-electron chi connectivity index (χ3n) is 4.34. The Morgan fingerprint density at radius 3 is 2.92 bits per heavy atom. The number of carbonyl (C=O) groups excluding carboxylic acids is 1. The molecule has 0 unspecified atom stereocenters. The molecular weight excluding hydrogens is 304 g/mol. The molecule has 0 atom stereocenters. The van der Waals surface area contributed by atoms with Crippen LogP contribution in [0.2, 0.25) is 0 Å². The van der Waals surface area contributed by atoms with Crippen molar-refractivity contribution in [2.45, 2.75) is 26.7 Å². The van der Waals surface area contributed by atoms with Crippen LogP contribution in [0, 0.1) is 13.8 Å². The number of hydrogen-bond donors (Lipinski definition) is 1. The van der Waals surface area contributed by atoms with Crippen LogP contribution in [0.4, 0.5) is 11.4 Å². The summed E-state index contributed by atoms with van der Waals surface area (Å²) in [4.78, 5) is 23.3. The summed E-state index contributed by atoms with van der Waals surface area (Å²) in [5.74, 6) is 0.385. The van der Waals surface area contributed by atoms with E-state index in [1.165, 1.54) is 0 Å². The number of hydrogen-bond acceptors (Lipinski definition) is 5. The van der Waals surface area contributed by atoms with Crippen LogP contribution >= 0.6 is 0 Å². The van der Waals surface area contributed by atoms with Gasteiger partial charge in [0.1, 0.15) is 0 Å². The van der Waals surface area contributed by atoms with Crippen molar-refractivity contribution in [3.8, 4) is 0 Å². The van der Waals surface area contributed by atoms with Crippen LogP contribution in [0.25, 0.3) is 5.78 Å². The molecule has 2 N–H and O–H groups in total. The number of anilines is 2. The topological polar surface area (TPSA) is 89.4 Å². The van der Waals surface area contributed by atoms with Crippen molar-refractivity contribution in [3.63, 3.8) is 0 Å². The van der Waals surface area contributed by atoms with Gasteiger partial charge in [0.05, 0.1) is 0 Å². The number of rotatable bonds is 1. The van der Waals surface area contributed by atoms with Crippen LogP contribution in [-0.2, 0) is 6.42 Å². The summed E-state index contributed by atoms with van der Waals surface area (Å²) in [6, 6.07) is 7.57. The number of nitrogen functional groups attached to an aromatic ring is 1. The monoisotopic (exact) mass is 322 g/mol. The fourth-order valence-corrected chi connectivity index (χ4v) is 3.24. The van der Waals surface area contributed by atoms with E-state index < -0.39 is 0 Å². The standard InChI is InChI=1S/C17H18N6O/c1-10-9-11(2)23-17(19-10)20-15(21-23)16(24)22-8-4-5-12-13(18)6-3-7-14(12)22/h3,6-7,9H,4-5,8,18H2,1-2H3. The van der Waals surface area contributed by atoms with Crippen LogP contribution in [0.15, 0.2) is 24.3 Å². The van der Waals surface area contributed by atoms with E-state index in [1.54, 1.807) is 9.42 Å². The molecule has 7 nitrogen and oxygen atoms in total. The summed E-state index contributed by atoms with van der Waals surface area (Å²) in [6.07, 6.45) is 1.75. The molecule has 0 spiro atoms. The first-order valence-corrected chi connectivity index (χ1v) is 7.95. The van der Waals surface area contributed by atoms with Crippen molar-refractivity contribution in [1.29, 1.82) is 0 Å². The molecule has 3 aromatic rings. The zero-order valence-corrected chi connectivity index (χ0v) is 13.7. The highest BCUT2D eigenvalue weighted by atomic mass is 16.2. The minimum absolute atomic E-state index is 0.159. The summed E-state index contributed by atoms with van der Waals surface area (Å²) in [5, 5.41) is 4.34. The molecule has 1 aliphatic heterocycles. The van der Waals surface area contributed by atoms with Crippen LogP contribution in [0.3, 0.4) is 0 Å². The minimum Gasteiger partial charge on any atom is -0.398 e. The lowest BCUT2D eigenvalue weighted by Gasteiger charge is -2.29. The molecule has 1 aromatic carbocycles. The second-order valence-electron chi connectivity index (χ2n) is 6.09. The summed E-state index contributed by atoms with van der Waals surface area (Å²) in [7, 11) is 0. The van der Waals surface area contributed by atoms with E-state index in [4.69, 9.17) is 5.73 Å². The van der Waals surface area contributed by atoms with E-state index in [-0.39, 0.29) is 11.7 Å². The van der Waals surface area contributed by atoms with E-state index in [9.17, 15) is 4.79 Å². The number of nitrogens with zero attached hydrogens (tertiary/aromatic N) is 5.